The quantitative estimate of drug-likeness (QED) is 0.229. The van der Waals surface area contributed by atoms with E-state index in [-0.39, 0.29) is 12.8 Å². The second-order valence-electron chi connectivity index (χ2n) is 10.1. The number of halogens is 2. The molecule has 0 amide bonds. The van der Waals surface area contributed by atoms with E-state index in [1.807, 2.05) is 96.5 Å². The summed E-state index contributed by atoms with van der Waals surface area (Å²) in [6, 6.07) is 29.2. The Kier molecular flexibility index (Phi) is 5.73. The predicted octanol–water partition coefficient (Wildman–Crippen LogP) is 8.01. The minimum Gasteiger partial charge on any atom is -0.454 e. The summed E-state index contributed by atoms with van der Waals surface area (Å²) in [5.41, 5.74) is 6.21. The van der Waals surface area contributed by atoms with Crippen LogP contribution in [0.15, 0.2) is 101 Å². The zero-order valence-corrected chi connectivity index (χ0v) is 23.8. The van der Waals surface area contributed by atoms with Gasteiger partial charge in [0.15, 0.2) is 29.0 Å². The number of amidine groups is 2. The van der Waals surface area contributed by atoms with Crippen LogP contribution < -0.4 is 19.7 Å². The third-order valence-corrected chi connectivity index (χ3v) is 8.27. The van der Waals surface area contributed by atoms with Gasteiger partial charge in [-0.25, -0.2) is 14.7 Å². The molecule has 0 spiro atoms. The van der Waals surface area contributed by atoms with E-state index in [4.69, 9.17) is 47.8 Å². The van der Waals surface area contributed by atoms with Crippen molar-refractivity contribution < 1.29 is 9.47 Å². The third kappa shape index (κ3) is 3.94. The number of nitrogens with zero attached hydrogens (tertiary/aromatic N) is 5. The number of rotatable bonds is 3. The van der Waals surface area contributed by atoms with Crippen LogP contribution in [0.5, 0.6) is 11.5 Å². The molecule has 1 N–H and O–H groups in total. The molecule has 0 saturated heterocycles. The van der Waals surface area contributed by atoms with E-state index in [1.165, 1.54) is 0 Å². The molecule has 8 nitrogen and oxygen atoms in total. The highest BCUT2D eigenvalue weighted by atomic mass is 35.5. The summed E-state index contributed by atoms with van der Waals surface area (Å²) >= 11 is 13.0. The Morgan fingerprint density at radius 1 is 0.833 bits per heavy atom. The number of aryl methyl sites for hydroxylation is 1. The second-order valence-corrected chi connectivity index (χ2v) is 10.9. The number of hydrogen-bond acceptors (Lipinski definition) is 7. The van der Waals surface area contributed by atoms with Gasteiger partial charge >= 0.3 is 0 Å². The normalized spacial score (nSPS) is 16.3. The van der Waals surface area contributed by atoms with Crippen LogP contribution in [0.2, 0.25) is 10.0 Å². The molecule has 42 heavy (non-hydrogen) atoms. The van der Waals surface area contributed by atoms with Crippen LogP contribution in [-0.4, -0.2) is 28.2 Å². The van der Waals surface area contributed by atoms with Crippen LogP contribution in [0.25, 0.3) is 5.69 Å². The fraction of sp³-hybridized carbons (Fsp3) is 0.0938. The number of aliphatic imine (C=N–C) groups is 2. The fourth-order valence-corrected chi connectivity index (χ4v) is 5.96. The number of hydrogen-bond donors (Lipinski definition) is 1. The summed E-state index contributed by atoms with van der Waals surface area (Å²) in [6.45, 7) is 2.21. The van der Waals surface area contributed by atoms with E-state index in [9.17, 15) is 0 Å². The molecule has 206 valence electrons. The lowest BCUT2D eigenvalue weighted by Crippen LogP contribution is -2.46. The summed E-state index contributed by atoms with van der Waals surface area (Å²) < 4.78 is 13.0. The molecule has 0 aliphatic carbocycles. The summed E-state index contributed by atoms with van der Waals surface area (Å²) in [4.78, 5) is 12.5. The standard InChI is InChI=1S/C32H22Cl2N6O2/c1-18-28-29(19-11-13-22(33)23(34)15-19)39-25-10-6-5-9-24(25)36-30(35-20-12-14-26-27(16-20)42-17-41-26)32(39)37-31(28)40(38-18)21-7-3-2-4-8-21/h2-16,29H,17H2,1H3,(H,35,36)/t29-/m1/s1. The number of benzene rings is 4. The molecule has 0 saturated carbocycles. The summed E-state index contributed by atoms with van der Waals surface area (Å²) in [5.74, 6) is 3.34. The highest BCUT2D eigenvalue weighted by Crippen LogP contribution is 2.49. The Morgan fingerprint density at radius 2 is 1.64 bits per heavy atom. The Hall–Kier alpha value is -4.79. The maximum atomic E-state index is 6.60. The molecule has 0 bridgehead atoms. The first-order valence-corrected chi connectivity index (χ1v) is 14.1. The van der Waals surface area contributed by atoms with Crippen LogP contribution in [-0.2, 0) is 0 Å². The van der Waals surface area contributed by atoms with Crippen molar-refractivity contribution in [2.75, 3.05) is 17.0 Å². The largest absolute Gasteiger partial charge is 0.454 e. The first kappa shape index (κ1) is 25.0. The van der Waals surface area contributed by atoms with Crippen molar-refractivity contribution in [3.8, 4) is 17.2 Å². The van der Waals surface area contributed by atoms with Crippen LogP contribution in [0.1, 0.15) is 22.9 Å². The monoisotopic (exact) mass is 592 g/mol. The van der Waals surface area contributed by atoms with Crippen LogP contribution in [0, 0.1) is 6.92 Å². The summed E-state index contributed by atoms with van der Waals surface area (Å²) in [5, 5.41) is 9.45. The molecule has 3 aliphatic rings. The Bertz CT molecular complexity index is 1950. The van der Waals surface area contributed by atoms with E-state index in [1.54, 1.807) is 0 Å². The second kappa shape index (κ2) is 9.65. The minimum atomic E-state index is -0.315. The SMILES string of the molecule is Cc1nn(-c2ccccc2)c2c1[C@@H](c1ccc(Cl)c(Cl)c1)N1C(=N2)C(Nc2ccc3c(c2)OCO3)=Nc2ccccc21. The molecular weight excluding hydrogens is 571 g/mol. The highest BCUT2D eigenvalue weighted by Gasteiger charge is 2.41. The molecule has 10 heteroatoms. The molecule has 4 aromatic carbocycles. The Labute approximate surface area is 251 Å². The molecule has 1 aromatic heterocycles. The minimum absolute atomic E-state index is 0.199. The smallest absolute Gasteiger partial charge is 0.231 e. The molecule has 0 radical (unpaired) electrons. The zero-order valence-electron chi connectivity index (χ0n) is 22.3. The number of fused-ring (bicyclic) bond motifs is 5. The van der Waals surface area contributed by atoms with E-state index >= 15 is 0 Å². The van der Waals surface area contributed by atoms with Gasteiger partial charge in [0, 0.05) is 17.3 Å². The fourth-order valence-electron chi connectivity index (χ4n) is 5.66. The van der Waals surface area contributed by atoms with Gasteiger partial charge in [0.2, 0.25) is 6.79 Å². The molecule has 1 atom stereocenters. The van der Waals surface area contributed by atoms with Crippen molar-refractivity contribution in [3.05, 3.63) is 118 Å². The summed E-state index contributed by atoms with van der Waals surface area (Å²) in [6.07, 6.45) is 0. The number of aromatic nitrogens is 2. The number of ether oxygens (including phenoxy) is 2. The van der Waals surface area contributed by atoms with Crippen molar-refractivity contribution in [2.45, 2.75) is 13.0 Å². The Morgan fingerprint density at radius 3 is 2.50 bits per heavy atom. The first-order chi connectivity index (χ1) is 20.5. The molecule has 3 aliphatic heterocycles. The molecule has 5 aromatic rings. The zero-order chi connectivity index (χ0) is 28.4. The lowest BCUT2D eigenvalue weighted by molar-refractivity contribution is 0.174. The van der Waals surface area contributed by atoms with Crippen molar-refractivity contribution in [2.24, 2.45) is 9.98 Å². The molecule has 8 rings (SSSR count). The molecule has 0 fully saturated rings. The summed E-state index contributed by atoms with van der Waals surface area (Å²) in [7, 11) is 0. The van der Waals surface area contributed by atoms with Crippen molar-refractivity contribution >= 4 is 57.8 Å². The van der Waals surface area contributed by atoms with Gasteiger partial charge < -0.3 is 19.7 Å². The molecule has 4 heterocycles. The van der Waals surface area contributed by atoms with Crippen LogP contribution >= 0.6 is 23.2 Å². The lowest BCUT2D eigenvalue weighted by Gasteiger charge is -2.40. The van der Waals surface area contributed by atoms with Crippen molar-refractivity contribution in [3.63, 3.8) is 0 Å². The van der Waals surface area contributed by atoms with E-state index in [2.05, 4.69) is 16.3 Å². The van der Waals surface area contributed by atoms with Gasteiger partial charge in [0.25, 0.3) is 0 Å². The third-order valence-electron chi connectivity index (χ3n) is 7.53. The van der Waals surface area contributed by atoms with Crippen molar-refractivity contribution in [1.82, 2.24) is 9.78 Å². The van der Waals surface area contributed by atoms with Gasteiger partial charge in [-0.1, -0.05) is 59.6 Å². The topological polar surface area (TPSA) is 76.3 Å². The number of nitrogens with one attached hydrogen (secondary N) is 1. The van der Waals surface area contributed by atoms with Gasteiger partial charge in [0.1, 0.15) is 0 Å². The average Bonchev–Trinajstić information content (AvgIpc) is 3.62. The van der Waals surface area contributed by atoms with E-state index < -0.39 is 0 Å². The highest BCUT2D eigenvalue weighted by molar-refractivity contribution is 6.51. The van der Waals surface area contributed by atoms with Crippen LogP contribution in [0.4, 0.5) is 22.9 Å². The van der Waals surface area contributed by atoms with Gasteiger partial charge in [-0.15, -0.1) is 0 Å². The van der Waals surface area contributed by atoms with Crippen molar-refractivity contribution in [1.29, 1.82) is 0 Å². The first-order valence-electron chi connectivity index (χ1n) is 13.4. The molecule has 0 unspecified atom stereocenters. The maximum absolute atomic E-state index is 6.60. The van der Waals surface area contributed by atoms with E-state index in [0.29, 0.717) is 33.2 Å². The number of anilines is 2. The lowest BCUT2D eigenvalue weighted by atomic mass is 9.93. The van der Waals surface area contributed by atoms with Crippen LogP contribution in [0.3, 0.4) is 0 Å². The van der Waals surface area contributed by atoms with Gasteiger partial charge in [-0.2, -0.15) is 5.10 Å². The Balaban J connectivity index is 1.37. The number of para-hydroxylation sites is 3. The average molecular weight is 593 g/mol. The van der Waals surface area contributed by atoms with Gasteiger partial charge in [0.05, 0.1) is 38.8 Å². The van der Waals surface area contributed by atoms with Gasteiger partial charge in [-0.05, 0) is 61.0 Å². The predicted molar refractivity (Wildman–Crippen MR) is 166 cm³/mol. The molecular formula is C32H22Cl2N6O2. The van der Waals surface area contributed by atoms with E-state index in [0.717, 1.165) is 45.4 Å². The maximum Gasteiger partial charge on any atom is 0.231 e. The van der Waals surface area contributed by atoms with Gasteiger partial charge in [-0.3, -0.25) is 0 Å².